The number of carboxylic acid groups (broad SMARTS) is 1. The van der Waals surface area contributed by atoms with Crippen molar-refractivity contribution in [3.05, 3.63) is 23.8 Å². The van der Waals surface area contributed by atoms with Crippen LogP contribution in [0.3, 0.4) is 0 Å². The second-order valence-electron chi connectivity index (χ2n) is 3.89. The van der Waals surface area contributed by atoms with Gasteiger partial charge in [-0.05, 0) is 24.6 Å². The molecule has 0 atom stereocenters. The van der Waals surface area contributed by atoms with Gasteiger partial charge in [0.15, 0.2) is 0 Å². The molecule has 1 aromatic rings. The van der Waals surface area contributed by atoms with Crippen LogP contribution < -0.4 is 5.32 Å². The topological polar surface area (TPSA) is 89.9 Å². The largest absolute Gasteiger partial charge is 0.506 e. The van der Waals surface area contributed by atoms with E-state index in [1.165, 1.54) is 17.0 Å². The molecule has 0 saturated heterocycles. The summed E-state index contributed by atoms with van der Waals surface area (Å²) in [5, 5.41) is 20.8. The fourth-order valence-corrected chi connectivity index (χ4v) is 1.42. The first-order valence-corrected chi connectivity index (χ1v) is 5.54. The fourth-order valence-electron chi connectivity index (χ4n) is 1.42. The van der Waals surface area contributed by atoms with Gasteiger partial charge in [0.2, 0.25) is 0 Å². The average Bonchev–Trinajstić information content (AvgIpc) is 2.31. The minimum absolute atomic E-state index is 0.0348. The molecular weight excluding hydrogens is 236 g/mol. The Kier molecular flexibility index (Phi) is 4.53. The number of phenolic OH excluding ortho intramolecular Hbond substituents is 1. The third-order valence-corrected chi connectivity index (χ3v) is 2.39. The molecule has 0 aliphatic carbocycles. The fraction of sp³-hybridized carbons (Fsp3) is 0.333. The number of urea groups is 1. The van der Waals surface area contributed by atoms with Crippen molar-refractivity contribution in [1.29, 1.82) is 0 Å². The molecule has 0 unspecified atom stereocenters. The predicted molar refractivity (Wildman–Crippen MR) is 67.0 cm³/mol. The van der Waals surface area contributed by atoms with Crippen molar-refractivity contribution in [3.8, 4) is 5.75 Å². The van der Waals surface area contributed by atoms with E-state index in [2.05, 4.69) is 5.32 Å². The Bertz CT molecular complexity index is 459. The summed E-state index contributed by atoms with van der Waals surface area (Å²) in [7, 11) is 1.64. The SMILES string of the molecule is CCCN(C)C(=O)Nc1ccc(C(=O)O)cc1O. The number of anilines is 1. The molecule has 6 nitrogen and oxygen atoms in total. The molecule has 1 aromatic carbocycles. The number of benzene rings is 1. The van der Waals surface area contributed by atoms with Crippen LogP contribution in [0.2, 0.25) is 0 Å². The Morgan fingerprint density at radius 3 is 2.56 bits per heavy atom. The van der Waals surface area contributed by atoms with Crippen molar-refractivity contribution in [2.24, 2.45) is 0 Å². The van der Waals surface area contributed by atoms with Crippen molar-refractivity contribution in [1.82, 2.24) is 4.90 Å². The van der Waals surface area contributed by atoms with Crippen molar-refractivity contribution >= 4 is 17.7 Å². The molecule has 0 spiro atoms. The van der Waals surface area contributed by atoms with Gasteiger partial charge in [-0.2, -0.15) is 0 Å². The van der Waals surface area contributed by atoms with Crippen LogP contribution in [-0.4, -0.2) is 40.7 Å². The lowest BCUT2D eigenvalue weighted by Crippen LogP contribution is -2.31. The van der Waals surface area contributed by atoms with Gasteiger partial charge < -0.3 is 20.4 Å². The Labute approximate surface area is 105 Å². The van der Waals surface area contributed by atoms with Crippen LogP contribution in [0.5, 0.6) is 5.75 Å². The number of hydrogen-bond donors (Lipinski definition) is 3. The zero-order chi connectivity index (χ0) is 13.7. The number of nitrogens with zero attached hydrogens (tertiary/aromatic N) is 1. The number of aromatic carboxylic acids is 1. The van der Waals surface area contributed by atoms with E-state index in [-0.39, 0.29) is 23.0 Å². The predicted octanol–water partition coefficient (Wildman–Crippen LogP) is 1.96. The van der Waals surface area contributed by atoms with Gasteiger partial charge in [-0.3, -0.25) is 0 Å². The Balaban J connectivity index is 2.79. The van der Waals surface area contributed by atoms with E-state index < -0.39 is 5.97 Å². The lowest BCUT2D eigenvalue weighted by atomic mass is 10.2. The molecule has 0 bridgehead atoms. The van der Waals surface area contributed by atoms with Crippen molar-refractivity contribution in [2.75, 3.05) is 18.9 Å². The molecule has 98 valence electrons. The van der Waals surface area contributed by atoms with E-state index in [0.717, 1.165) is 12.5 Å². The van der Waals surface area contributed by atoms with Gasteiger partial charge in [-0.25, -0.2) is 9.59 Å². The van der Waals surface area contributed by atoms with E-state index in [9.17, 15) is 14.7 Å². The van der Waals surface area contributed by atoms with Gasteiger partial charge in [-0.15, -0.1) is 0 Å². The molecule has 2 amide bonds. The average molecular weight is 252 g/mol. The van der Waals surface area contributed by atoms with E-state index in [1.54, 1.807) is 7.05 Å². The smallest absolute Gasteiger partial charge is 0.335 e. The quantitative estimate of drug-likeness (QED) is 0.714. The summed E-state index contributed by atoms with van der Waals surface area (Å²) in [6.45, 7) is 2.54. The molecule has 3 N–H and O–H groups in total. The van der Waals surface area contributed by atoms with E-state index in [0.29, 0.717) is 6.54 Å². The second kappa shape index (κ2) is 5.90. The molecule has 0 saturated carbocycles. The van der Waals surface area contributed by atoms with Crippen molar-refractivity contribution in [2.45, 2.75) is 13.3 Å². The maximum Gasteiger partial charge on any atom is 0.335 e. The summed E-state index contributed by atoms with van der Waals surface area (Å²) in [6, 6.07) is 3.42. The monoisotopic (exact) mass is 252 g/mol. The maximum atomic E-state index is 11.7. The number of phenols is 1. The summed E-state index contributed by atoms with van der Waals surface area (Å²) in [6.07, 6.45) is 0.827. The third-order valence-electron chi connectivity index (χ3n) is 2.39. The number of carbonyl (C=O) groups is 2. The summed E-state index contributed by atoms with van der Waals surface area (Å²) >= 11 is 0. The minimum Gasteiger partial charge on any atom is -0.506 e. The van der Waals surface area contributed by atoms with Crippen LogP contribution >= 0.6 is 0 Å². The van der Waals surface area contributed by atoms with Gasteiger partial charge >= 0.3 is 12.0 Å². The highest BCUT2D eigenvalue weighted by atomic mass is 16.4. The number of rotatable bonds is 4. The van der Waals surface area contributed by atoms with Crippen LogP contribution in [-0.2, 0) is 0 Å². The molecule has 1 rings (SSSR count). The molecule has 0 aliphatic rings. The Hall–Kier alpha value is -2.24. The van der Waals surface area contributed by atoms with E-state index in [1.807, 2.05) is 6.92 Å². The highest BCUT2D eigenvalue weighted by molar-refractivity contribution is 5.93. The molecule has 6 heteroatoms. The lowest BCUT2D eigenvalue weighted by Gasteiger charge is -2.17. The molecule has 0 aromatic heterocycles. The lowest BCUT2D eigenvalue weighted by molar-refractivity contribution is 0.0696. The van der Waals surface area contributed by atoms with Crippen molar-refractivity contribution < 1.29 is 19.8 Å². The normalized spacial score (nSPS) is 9.89. The van der Waals surface area contributed by atoms with Crippen molar-refractivity contribution in [3.63, 3.8) is 0 Å². The van der Waals surface area contributed by atoms with Gasteiger partial charge in [0, 0.05) is 13.6 Å². The van der Waals surface area contributed by atoms with Gasteiger partial charge in [0.25, 0.3) is 0 Å². The molecule has 18 heavy (non-hydrogen) atoms. The van der Waals surface area contributed by atoms with Crippen LogP contribution in [0.15, 0.2) is 18.2 Å². The molecular formula is C12H16N2O4. The number of carboxylic acids is 1. The maximum absolute atomic E-state index is 11.7. The molecule has 0 heterocycles. The molecule has 0 radical (unpaired) electrons. The highest BCUT2D eigenvalue weighted by Gasteiger charge is 2.12. The van der Waals surface area contributed by atoms with Gasteiger partial charge in [-0.1, -0.05) is 6.92 Å². The standard InChI is InChI=1S/C12H16N2O4/c1-3-6-14(2)12(18)13-9-5-4-8(11(16)17)7-10(9)15/h4-5,7,15H,3,6H2,1-2H3,(H,13,18)(H,16,17). The highest BCUT2D eigenvalue weighted by Crippen LogP contribution is 2.24. The first-order chi connectivity index (χ1) is 8.45. The zero-order valence-corrected chi connectivity index (χ0v) is 10.3. The van der Waals surface area contributed by atoms with Gasteiger partial charge in [0.05, 0.1) is 11.3 Å². The summed E-state index contributed by atoms with van der Waals surface area (Å²) in [5.41, 5.74) is 0.153. The van der Waals surface area contributed by atoms with Crippen LogP contribution in [0.4, 0.5) is 10.5 Å². The first-order valence-electron chi connectivity index (χ1n) is 5.54. The summed E-state index contributed by atoms with van der Waals surface area (Å²) in [5.74, 6) is -1.40. The van der Waals surface area contributed by atoms with Crippen LogP contribution in [0.25, 0.3) is 0 Å². The summed E-state index contributed by atoms with van der Waals surface area (Å²) in [4.78, 5) is 23.8. The zero-order valence-electron chi connectivity index (χ0n) is 10.3. The minimum atomic E-state index is -1.13. The number of aromatic hydroxyl groups is 1. The van der Waals surface area contributed by atoms with E-state index >= 15 is 0 Å². The number of carbonyl (C=O) groups excluding carboxylic acids is 1. The third kappa shape index (κ3) is 3.38. The number of amides is 2. The Morgan fingerprint density at radius 1 is 1.39 bits per heavy atom. The number of hydrogen-bond acceptors (Lipinski definition) is 3. The second-order valence-corrected chi connectivity index (χ2v) is 3.89. The molecule has 0 fully saturated rings. The Morgan fingerprint density at radius 2 is 2.06 bits per heavy atom. The van der Waals surface area contributed by atoms with E-state index in [4.69, 9.17) is 5.11 Å². The summed E-state index contributed by atoms with van der Waals surface area (Å²) < 4.78 is 0. The van der Waals surface area contributed by atoms with Crippen LogP contribution in [0, 0.1) is 0 Å². The molecule has 0 aliphatic heterocycles. The first kappa shape index (κ1) is 13.8. The number of nitrogens with one attached hydrogen (secondary N) is 1. The van der Waals surface area contributed by atoms with Crippen LogP contribution in [0.1, 0.15) is 23.7 Å². The van der Waals surface area contributed by atoms with Gasteiger partial charge in [0.1, 0.15) is 5.75 Å².